The third-order valence-electron chi connectivity index (χ3n) is 4.12. The van der Waals surface area contributed by atoms with Gasteiger partial charge in [-0.2, -0.15) is 5.01 Å². The largest absolute Gasteiger partial charge is 0.508 e. The molecular weight excluding hydrogens is 428 g/mol. The number of hydrogen-bond acceptors (Lipinski definition) is 8. The zero-order valence-corrected chi connectivity index (χ0v) is 17.9. The molecule has 2 amide bonds. The van der Waals surface area contributed by atoms with Crippen LogP contribution in [-0.2, 0) is 4.79 Å². The molecule has 1 heterocycles. The summed E-state index contributed by atoms with van der Waals surface area (Å²) >= 11 is 6.29. The average Bonchev–Trinajstić information content (AvgIpc) is 3.00. The molecule has 2 N–H and O–H groups in total. The molecule has 0 bridgehead atoms. The lowest BCUT2D eigenvalue weighted by Gasteiger charge is -2.15. The number of thiocarbonyl (C=S) groups is 1. The third kappa shape index (κ3) is 4.34. The van der Waals surface area contributed by atoms with Crippen LogP contribution in [0.2, 0.25) is 0 Å². The van der Waals surface area contributed by atoms with E-state index in [1.165, 1.54) is 45.6 Å². The van der Waals surface area contributed by atoms with Gasteiger partial charge in [0.05, 0.1) is 26.2 Å². The van der Waals surface area contributed by atoms with E-state index < -0.39 is 11.8 Å². The lowest BCUT2D eigenvalue weighted by atomic mass is 10.1. The van der Waals surface area contributed by atoms with E-state index >= 15 is 0 Å². The Kier molecular flexibility index (Phi) is 6.48. The minimum absolute atomic E-state index is 0.0328. The van der Waals surface area contributed by atoms with Gasteiger partial charge in [0, 0.05) is 5.56 Å². The predicted molar refractivity (Wildman–Crippen MR) is 117 cm³/mol. The maximum Gasteiger partial charge on any atom is 0.285 e. The summed E-state index contributed by atoms with van der Waals surface area (Å²) in [5.74, 6) is 0.362. The molecule has 0 aromatic heterocycles. The van der Waals surface area contributed by atoms with Crippen molar-refractivity contribution in [1.29, 1.82) is 0 Å². The number of aromatic hydroxyl groups is 1. The lowest BCUT2D eigenvalue weighted by molar-refractivity contribution is -0.123. The van der Waals surface area contributed by atoms with Crippen molar-refractivity contribution in [3.8, 4) is 23.0 Å². The number of ether oxygens (including phenoxy) is 3. The number of thioether (sulfide) groups is 1. The van der Waals surface area contributed by atoms with Gasteiger partial charge in [-0.25, -0.2) is 0 Å². The van der Waals surface area contributed by atoms with E-state index in [0.29, 0.717) is 27.7 Å². The third-order valence-corrected chi connectivity index (χ3v) is 5.42. The van der Waals surface area contributed by atoms with E-state index in [1.807, 2.05) is 0 Å². The van der Waals surface area contributed by atoms with Crippen molar-refractivity contribution in [1.82, 2.24) is 10.4 Å². The minimum atomic E-state index is -0.527. The van der Waals surface area contributed by atoms with Crippen LogP contribution in [0, 0.1) is 0 Å². The number of amides is 2. The number of carbonyl (C=O) groups is 2. The number of phenols is 1. The van der Waals surface area contributed by atoms with Crippen LogP contribution >= 0.6 is 24.0 Å². The van der Waals surface area contributed by atoms with Crippen molar-refractivity contribution in [2.24, 2.45) is 0 Å². The van der Waals surface area contributed by atoms with Crippen LogP contribution in [0.4, 0.5) is 0 Å². The van der Waals surface area contributed by atoms with E-state index in [-0.39, 0.29) is 15.6 Å². The molecule has 0 unspecified atom stereocenters. The van der Waals surface area contributed by atoms with Crippen LogP contribution in [-0.4, -0.2) is 47.6 Å². The molecule has 1 aliphatic heterocycles. The van der Waals surface area contributed by atoms with Crippen molar-refractivity contribution < 1.29 is 28.9 Å². The number of methoxy groups -OCH3 is 3. The molecular formula is C20H18N2O6S2. The second-order valence-corrected chi connectivity index (χ2v) is 7.64. The molecule has 0 aliphatic carbocycles. The molecule has 10 heteroatoms. The van der Waals surface area contributed by atoms with Crippen LogP contribution in [0.3, 0.4) is 0 Å². The highest BCUT2D eigenvalue weighted by Crippen LogP contribution is 2.40. The Morgan fingerprint density at radius 2 is 1.70 bits per heavy atom. The van der Waals surface area contributed by atoms with Gasteiger partial charge in [-0.15, -0.1) is 0 Å². The zero-order valence-electron chi connectivity index (χ0n) is 16.3. The number of benzene rings is 2. The summed E-state index contributed by atoms with van der Waals surface area (Å²) in [6.45, 7) is 0. The molecule has 2 aromatic rings. The Morgan fingerprint density at radius 1 is 1.10 bits per heavy atom. The number of carbonyl (C=O) groups excluding carboxylic acids is 2. The maximum absolute atomic E-state index is 12.8. The zero-order chi connectivity index (χ0) is 21.8. The first-order chi connectivity index (χ1) is 14.4. The molecule has 2 aromatic carbocycles. The summed E-state index contributed by atoms with van der Waals surface area (Å²) in [7, 11) is 4.50. The topological polar surface area (TPSA) is 97.3 Å². The quantitative estimate of drug-likeness (QED) is 0.516. The Balaban J connectivity index is 1.84. The fourth-order valence-corrected chi connectivity index (χ4v) is 3.86. The van der Waals surface area contributed by atoms with Gasteiger partial charge in [0.2, 0.25) is 5.75 Å². The molecule has 0 spiro atoms. The highest BCUT2D eigenvalue weighted by molar-refractivity contribution is 8.26. The summed E-state index contributed by atoms with van der Waals surface area (Å²) in [6, 6.07) is 9.03. The van der Waals surface area contributed by atoms with Crippen LogP contribution in [0.1, 0.15) is 15.9 Å². The minimum Gasteiger partial charge on any atom is -0.508 e. The molecule has 0 saturated carbocycles. The molecule has 0 radical (unpaired) electrons. The number of nitrogens with one attached hydrogen (secondary N) is 1. The highest BCUT2D eigenvalue weighted by atomic mass is 32.2. The number of nitrogens with zero attached hydrogens (tertiary/aromatic N) is 1. The summed E-state index contributed by atoms with van der Waals surface area (Å²) in [5.41, 5.74) is 3.39. The normalized spacial score (nSPS) is 14.8. The van der Waals surface area contributed by atoms with Gasteiger partial charge in [0.25, 0.3) is 11.8 Å². The SMILES string of the molecule is COc1cc(/C=C2/SC(=S)N(NC(=O)c3ccc(O)cc3)C2=O)cc(OC)c1OC. The number of hydrazine groups is 1. The highest BCUT2D eigenvalue weighted by Gasteiger charge is 2.34. The Morgan fingerprint density at radius 3 is 2.23 bits per heavy atom. The standard InChI is InChI=1S/C20H18N2O6S2/c1-26-14-8-11(9-15(27-2)17(14)28-3)10-16-19(25)22(20(29)30-16)21-18(24)12-4-6-13(23)7-5-12/h4-10,23H,1-3H3,(H,21,24)/b16-10+. The van der Waals surface area contributed by atoms with E-state index in [9.17, 15) is 14.7 Å². The Bertz CT molecular complexity index is 1010. The van der Waals surface area contributed by atoms with Crippen molar-refractivity contribution in [2.45, 2.75) is 0 Å². The maximum atomic E-state index is 12.8. The van der Waals surface area contributed by atoms with Gasteiger partial charge in [-0.3, -0.25) is 15.0 Å². The van der Waals surface area contributed by atoms with Crippen molar-refractivity contribution in [3.63, 3.8) is 0 Å². The van der Waals surface area contributed by atoms with Gasteiger partial charge in [-0.1, -0.05) is 11.8 Å². The van der Waals surface area contributed by atoms with Crippen LogP contribution in [0.25, 0.3) is 6.08 Å². The van der Waals surface area contributed by atoms with Gasteiger partial charge in [0.1, 0.15) is 5.75 Å². The Hall–Kier alpha value is -3.24. The van der Waals surface area contributed by atoms with Crippen molar-refractivity contribution in [2.75, 3.05) is 21.3 Å². The van der Waals surface area contributed by atoms with E-state index in [4.69, 9.17) is 26.4 Å². The molecule has 8 nitrogen and oxygen atoms in total. The summed E-state index contributed by atoms with van der Waals surface area (Å²) in [6.07, 6.45) is 1.62. The molecule has 1 saturated heterocycles. The first-order valence-electron chi connectivity index (χ1n) is 8.56. The number of phenolic OH excluding ortho intramolecular Hbond substituents is 1. The van der Waals surface area contributed by atoms with Crippen molar-refractivity contribution >= 4 is 46.2 Å². The smallest absolute Gasteiger partial charge is 0.285 e. The predicted octanol–water partition coefficient (Wildman–Crippen LogP) is 2.96. The fraction of sp³-hybridized carbons (Fsp3) is 0.150. The van der Waals surface area contributed by atoms with Crippen molar-refractivity contribution in [3.05, 3.63) is 52.4 Å². The van der Waals surface area contributed by atoms with Gasteiger partial charge < -0.3 is 19.3 Å². The second kappa shape index (κ2) is 9.06. The number of hydrogen-bond donors (Lipinski definition) is 2. The molecule has 30 heavy (non-hydrogen) atoms. The van der Waals surface area contributed by atoms with E-state index in [1.54, 1.807) is 18.2 Å². The van der Waals surface area contributed by atoms with E-state index in [0.717, 1.165) is 16.8 Å². The summed E-state index contributed by atoms with van der Waals surface area (Å²) in [5, 5.41) is 10.3. The summed E-state index contributed by atoms with van der Waals surface area (Å²) < 4.78 is 16.1. The fourth-order valence-electron chi connectivity index (χ4n) is 2.68. The first kappa shape index (κ1) is 21.5. The summed E-state index contributed by atoms with van der Waals surface area (Å²) in [4.78, 5) is 25.5. The first-order valence-corrected chi connectivity index (χ1v) is 9.78. The van der Waals surface area contributed by atoms with Gasteiger partial charge in [-0.05, 0) is 60.3 Å². The number of rotatable bonds is 6. The molecule has 1 aliphatic rings. The molecule has 3 rings (SSSR count). The lowest BCUT2D eigenvalue weighted by Crippen LogP contribution is -2.44. The van der Waals surface area contributed by atoms with E-state index in [2.05, 4.69) is 5.43 Å². The van der Waals surface area contributed by atoms with Gasteiger partial charge in [0.15, 0.2) is 15.8 Å². The van der Waals surface area contributed by atoms with Crippen LogP contribution in [0.5, 0.6) is 23.0 Å². The van der Waals surface area contributed by atoms with Gasteiger partial charge >= 0.3 is 0 Å². The monoisotopic (exact) mass is 446 g/mol. The molecule has 156 valence electrons. The molecule has 1 fully saturated rings. The Labute approximate surface area is 182 Å². The average molecular weight is 447 g/mol. The van der Waals surface area contributed by atoms with Crippen LogP contribution in [0.15, 0.2) is 41.3 Å². The van der Waals surface area contributed by atoms with Crippen LogP contribution < -0.4 is 19.6 Å². The molecule has 0 atom stereocenters. The second-order valence-electron chi connectivity index (χ2n) is 5.96.